The number of primary amides is 1. The smallest absolute Gasteiger partial charge is 0.254 e. The van der Waals surface area contributed by atoms with Crippen LogP contribution >= 0.6 is 0 Å². The number of rotatable bonds is 8. The number of piperidine rings is 1. The molecule has 0 atom stereocenters. The number of hydrogen-bond donors (Lipinski definition) is 2. The van der Waals surface area contributed by atoms with Gasteiger partial charge in [-0.15, -0.1) is 0 Å². The van der Waals surface area contributed by atoms with E-state index < -0.39 is 5.91 Å². The van der Waals surface area contributed by atoms with Gasteiger partial charge >= 0.3 is 0 Å². The van der Waals surface area contributed by atoms with Gasteiger partial charge in [-0.3, -0.25) is 4.79 Å². The number of nitrogens with one attached hydrogen (secondary N) is 1. The van der Waals surface area contributed by atoms with Crippen molar-refractivity contribution in [1.29, 1.82) is 0 Å². The van der Waals surface area contributed by atoms with Crippen molar-refractivity contribution in [3.63, 3.8) is 0 Å². The van der Waals surface area contributed by atoms with E-state index in [2.05, 4.69) is 23.0 Å². The lowest BCUT2D eigenvalue weighted by molar-refractivity contribution is 0.100. The summed E-state index contributed by atoms with van der Waals surface area (Å²) in [7, 11) is 0. The molecule has 0 bridgehead atoms. The Labute approximate surface area is 187 Å². The average molecular weight is 432 g/mol. The number of carbonyl (C=O) groups is 1. The van der Waals surface area contributed by atoms with Gasteiger partial charge in [0.15, 0.2) is 0 Å². The number of H-pyrrole nitrogens is 1. The number of fused-ring (bicyclic) bond motifs is 1. The number of ether oxygens (including phenoxy) is 1. The molecular weight excluding hydrogens is 402 g/mol. The van der Waals surface area contributed by atoms with Crippen molar-refractivity contribution >= 4 is 11.6 Å². The molecule has 2 aliphatic rings. The number of benzene rings is 1. The van der Waals surface area contributed by atoms with Gasteiger partial charge in [0.2, 0.25) is 0 Å². The third kappa shape index (κ3) is 3.79. The van der Waals surface area contributed by atoms with Crippen molar-refractivity contribution in [2.24, 2.45) is 11.7 Å². The van der Waals surface area contributed by atoms with Crippen molar-refractivity contribution in [2.75, 3.05) is 19.7 Å². The minimum atomic E-state index is -0.491. The summed E-state index contributed by atoms with van der Waals surface area (Å²) >= 11 is 0. The highest BCUT2D eigenvalue weighted by Gasteiger charge is 2.27. The van der Waals surface area contributed by atoms with Crippen LogP contribution in [0.2, 0.25) is 0 Å². The number of likely N-dealkylation sites (tertiary alicyclic amines) is 1. The lowest BCUT2D eigenvalue weighted by Crippen LogP contribution is -2.31. The fraction of sp³-hybridized carbons (Fsp3) is 0.360. The number of hydrogen-bond acceptors (Lipinski definition) is 4. The van der Waals surface area contributed by atoms with E-state index in [1.54, 1.807) is 6.08 Å². The maximum absolute atomic E-state index is 12.4. The largest absolute Gasteiger partial charge is 0.493 e. The Morgan fingerprint density at radius 1 is 1.22 bits per heavy atom. The molecule has 1 aliphatic heterocycles. The van der Waals surface area contributed by atoms with E-state index in [9.17, 15) is 4.79 Å². The van der Waals surface area contributed by atoms with Crippen LogP contribution in [-0.2, 0) is 0 Å². The van der Waals surface area contributed by atoms with Crippen LogP contribution < -0.4 is 10.5 Å². The van der Waals surface area contributed by atoms with Crippen LogP contribution in [0.4, 0.5) is 0 Å². The van der Waals surface area contributed by atoms with Gasteiger partial charge in [0.1, 0.15) is 22.7 Å². The molecule has 3 N–H and O–H groups in total. The van der Waals surface area contributed by atoms with Crippen molar-refractivity contribution in [1.82, 2.24) is 19.5 Å². The van der Waals surface area contributed by atoms with Crippen LogP contribution in [-0.4, -0.2) is 45.1 Å². The fourth-order valence-electron chi connectivity index (χ4n) is 4.47. The molecule has 1 saturated carbocycles. The second-order valence-electron chi connectivity index (χ2n) is 8.80. The Hall–Kier alpha value is -3.48. The summed E-state index contributed by atoms with van der Waals surface area (Å²) in [5.41, 5.74) is 10.3. The SMILES string of the molecule is C=CC(=C)N1CCC(c2c[nH]c3c(C(N)=O)c(-c4ccc(OCC5CC5)cc4)nn23)CC1. The maximum atomic E-state index is 12.4. The minimum absolute atomic E-state index is 0.337. The molecule has 3 heterocycles. The molecule has 7 heteroatoms. The van der Waals surface area contributed by atoms with E-state index in [0.717, 1.165) is 55.2 Å². The van der Waals surface area contributed by atoms with Gasteiger partial charge in [-0.1, -0.05) is 13.2 Å². The number of imidazole rings is 1. The number of amides is 1. The first-order valence-corrected chi connectivity index (χ1v) is 11.2. The monoisotopic (exact) mass is 431 g/mol. The Kier molecular flexibility index (Phi) is 5.25. The number of allylic oxidation sites excluding steroid dienone is 1. The van der Waals surface area contributed by atoms with Gasteiger partial charge in [0, 0.05) is 36.5 Å². The standard InChI is InChI=1S/C25H29N5O2/c1-3-16(2)29-12-10-18(11-13-29)21-14-27-25-22(24(26)31)23(28-30(21)25)19-6-8-20(9-7-19)32-15-17-4-5-17/h3,6-9,14,17-18,27H,1-2,4-5,10-13,15H2,(H2,26,31). The molecule has 7 nitrogen and oxygen atoms in total. The molecule has 1 aromatic carbocycles. The predicted molar refractivity (Wildman–Crippen MR) is 125 cm³/mol. The van der Waals surface area contributed by atoms with Crippen molar-refractivity contribution < 1.29 is 9.53 Å². The molecule has 0 spiro atoms. The molecule has 1 amide bonds. The highest BCUT2D eigenvalue weighted by Crippen LogP contribution is 2.34. The van der Waals surface area contributed by atoms with Crippen LogP contribution in [0.25, 0.3) is 16.9 Å². The fourth-order valence-corrected chi connectivity index (χ4v) is 4.47. The second-order valence-corrected chi connectivity index (χ2v) is 8.80. The second kappa shape index (κ2) is 8.22. The van der Waals surface area contributed by atoms with Crippen LogP contribution in [0.1, 0.15) is 47.7 Å². The molecule has 32 heavy (non-hydrogen) atoms. The highest BCUT2D eigenvalue weighted by molar-refractivity contribution is 6.04. The topological polar surface area (TPSA) is 88.6 Å². The van der Waals surface area contributed by atoms with Gasteiger partial charge in [-0.05, 0) is 61.9 Å². The normalized spacial score (nSPS) is 16.9. The van der Waals surface area contributed by atoms with Crippen LogP contribution in [0.3, 0.4) is 0 Å². The number of aromatic nitrogens is 3. The zero-order valence-corrected chi connectivity index (χ0v) is 18.2. The molecule has 3 aromatic rings. The summed E-state index contributed by atoms with van der Waals surface area (Å²) in [5.74, 6) is 1.38. The number of nitrogens with two attached hydrogens (primary N) is 1. The van der Waals surface area contributed by atoms with Gasteiger partial charge in [-0.25, -0.2) is 4.52 Å². The number of nitrogens with zero attached hydrogens (tertiary/aromatic N) is 3. The third-order valence-electron chi connectivity index (χ3n) is 6.60. The van der Waals surface area contributed by atoms with Crippen LogP contribution in [0, 0.1) is 5.92 Å². The quantitative estimate of drug-likeness (QED) is 0.526. The third-order valence-corrected chi connectivity index (χ3v) is 6.60. The zero-order chi connectivity index (χ0) is 22.2. The molecular formula is C25H29N5O2. The molecule has 2 fully saturated rings. The van der Waals surface area contributed by atoms with Gasteiger partial charge in [0.05, 0.1) is 12.3 Å². The summed E-state index contributed by atoms with van der Waals surface area (Å²) < 4.78 is 7.69. The predicted octanol–water partition coefficient (Wildman–Crippen LogP) is 4.10. The molecule has 1 saturated heterocycles. The Bertz CT molecular complexity index is 1160. The lowest BCUT2D eigenvalue weighted by atomic mass is 9.94. The van der Waals surface area contributed by atoms with Gasteiger partial charge in [0.25, 0.3) is 5.91 Å². The Balaban J connectivity index is 1.42. The van der Waals surface area contributed by atoms with Crippen molar-refractivity contribution in [2.45, 2.75) is 31.6 Å². The van der Waals surface area contributed by atoms with Gasteiger partial charge in [-0.2, -0.15) is 5.10 Å². The lowest BCUT2D eigenvalue weighted by Gasteiger charge is -2.33. The van der Waals surface area contributed by atoms with Gasteiger partial charge < -0.3 is 20.4 Å². The van der Waals surface area contributed by atoms with Crippen LogP contribution in [0.15, 0.2) is 55.4 Å². The minimum Gasteiger partial charge on any atom is -0.493 e. The summed E-state index contributed by atoms with van der Waals surface area (Å²) in [6.45, 7) is 10.5. The summed E-state index contributed by atoms with van der Waals surface area (Å²) in [6, 6.07) is 7.74. The average Bonchev–Trinajstić information content (AvgIpc) is 3.44. The molecule has 1 aliphatic carbocycles. The van der Waals surface area contributed by atoms with Crippen molar-refractivity contribution in [3.8, 4) is 17.0 Å². The molecule has 0 radical (unpaired) electrons. The van der Waals surface area contributed by atoms with Crippen LogP contribution in [0.5, 0.6) is 5.75 Å². The number of aromatic amines is 1. The van der Waals surface area contributed by atoms with E-state index in [1.807, 2.05) is 35.0 Å². The first-order valence-electron chi connectivity index (χ1n) is 11.2. The molecule has 0 unspecified atom stereocenters. The Morgan fingerprint density at radius 2 is 1.94 bits per heavy atom. The van der Waals surface area contributed by atoms with E-state index in [1.165, 1.54) is 12.8 Å². The zero-order valence-electron chi connectivity index (χ0n) is 18.2. The van der Waals surface area contributed by atoms with E-state index in [-0.39, 0.29) is 0 Å². The molecule has 5 rings (SSSR count). The molecule has 166 valence electrons. The Morgan fingerprint density at radius 3 is 2.56 bits per heavy atom. The summed E-state index contributed by atoms with van der Waals surface area (Å²) in [5, 5.41) is 4.82. The van der Waals surface area contributed by atoms with E-state index >= 15 is 0 Å². The number of carbonyl (C=O) groups excluding carboxylic acids is 1. The molecule has 2 aromatic heterocycles. The van der Waals surface area contributed by atoms with Crippen molar-refractivity contribution in [3.05, 3.63) is 66.7 Å². The summed E-state index contributed by atoms with van der Waals surface area (Å²) in [4.78, 5) is 17.9. The first kappa shape index (κ1) is 20.4. The highest BCUT2D eigenvalue weighted by atomic mass is 16.5. The van der Waals surface area contributed by atoms with E-state index in [4.69, 9.17) is 15.6 Å². The first-order chi connectivity index (χ1) is 15.5. The van der Waals surface area contributed by atoms with E-state index in [0.29, 0.717) is 28.7 Å². The maximum Gasteiger partial charge on any atom is 0.254 e. The summed E-state index contributed by atoms with van der Waals surface area (Å²) in [6.07, 6.45) is 8.23.